The van der Waals surface area contributed by atoms with E-state index in [9.17, 15) is 18.0 Å². The number of hydroxylamine groups is 2. The second kappa shape index (κ2) is 11.3. The fourth-order valence-electron chi connectivity index (χ4n) is 2.48. The molecule has 30 heavy (non-hydrogen) atoms. The molecule has 0 saturated heterocycles. The average molecular weight is 451 g/mol. The molecule has 0 aliphatic carbocycles. The van der Waals surface area contributed by atoms with Gasteiger partial charge in [0.05, 0.1) is 13.2 Å². The first kappa shape index (κ1) is 25.2. The van der Waals surface area contributed by atoms with Crippen LogP contribution in [-0.2, 0) is 24.2 Å². The van der Waals surface area contributed by atoms with Crippen molar-refractivity contribution in [3.8, 4) is 0 Å². The Labute approximate surface area is 173 Å². The highest BCUT2D eigenvalue weighted by atomic mass is 32.3. The van der Waals surface area contributed by atoms with Gasteiger partial charge in [-0.25, -0.2) is 9.59 Å². The van der Waals surface area contributed by atoms with Crippen LogP contribution >= 0.6 is 0 Å². The Bertz CT molecular complexity index is 811. The van der Waals surface area contributed by atoms with Crippen LogP contribution in [0.15, 0.2) is 29.0 Å². The summed E-state index contributed by atoms with van der Waals surface area (Å²) >= 11 is 0. The number of nitrogens with zero attached hydrogens (tertiary/aromatic N) is 3. The van der Waals surface area contributed by atoms with Crippen molar-refractivity contribution in [3.05, 3.63) is 24.0 Å². The molecule has 5 N–H and O–H groups in total. The van der Waals surface area contributed by atoms with E-state index >= 15 is 0 Å². The van der Waals surface area contributed by atoms with Crippen LogP contribution in [-0.4, -0.2) is 79.0 Å². The Morgan fingerprint density at radius 3 is 2.47 bits per heavy atom. The zero-order chi connectivity index (χ0) is 21.4. The van der Waals surface area contributed by atoms with Gasteiger partial charge in [-0.15, -0.1) is 4.28 Å². The number of aliphatic imine (C=N–C) groups is 1. The van der Waals surface area contributed by atoms with E-state index in [0.717, 1.165) is 6.42 Å². The van der Waals surface area contributed by atoms with E-state index in [1.54, 1.807) is 13.8 Å². The van der Waals surface area contributed by atoms with Crippen LogP contribution in [0, 0.1) is 0 Å². The van der Waals surface area contributed by atoms with Crippen molar-refractivity contribution < 1.29 is 41.8 Å². The number of alkyl carbamates (subject to hydrolysis) is 2. The van der Waals surface area contributed by atoms with E-state index in [1.807, 2.05) is 17.1 Å². The van der Waals surface area contributed by atoms with Gasteiger partial charge in [0.1, 0.15) is 5.82 Å². The molecule has 1 unspecified atom stereocenters. The van der Waals surface area contributed by atoms with Crippen molar-refractivity contribution in [3.63, 3.8) is 0 Å². The monoisotopic (exact) mass is 451 g/mol. The van der Waals surface area contributed by atoms with Gasteiger partial charge in [-0.3, -0.25) is 15.2 Å². The van der Waals surface area contributed by atoms with Gasteiger partial charge < -0.3 is 19.8 Å². The summed E-state index contributed by atoms with van der Waals surface area (Å²) < 4.78 is 45.8. The molecule has 0 spiro atoms. The molecule has 2 aliphatic rings. The zero-order valence-corrected chi connectivity index (χ0v) is 17.2. The average Bonchev–Trinajstić information content (AvgIpc) is 2.64. The minimum Gasteiger partial charge on any atom is -0.450 e. The molecule has 0 aromatic rings. The van der Waals surface area contributed by atoms with Crippen molar-refractivity contribution in [1.82, 2.24) is 20.6 Å². The minimum absolute atomic E-state index is 0. The van der Waals surface area contributed by atoms with Crippen LogP contribution < -0.4 is 10.6 Å². The van der Waals surface area contributed by atoms with Gasteiger partial charge in [-0.05, 0) is 20.3 Å². The molecule has 0 saturated carbocycles. The van der Waals surface area contributed by atoms with Crippen LogP contribution in [0.5, 0.6) is 0 Å². The summed E-state index contributed by atoms with van der Waals surface area (Å²) in [4.78, 5) is 29.8. The maximum Gasteiger partial charge on any atom is 0.418 e. The predicted octanol–water partition coefficient (Wildman–Crippen LogP) is -0.511. The highest BCUT2D eigenvalue weighted by Gasteiger charge is 2.34. The van der Waals surface area contributed by atoms with E-state index in [2.05, 4.69) is 19.9 Å². The largest absolute Gasteiger partial charge is 0.450 e. The molecular weight excluding hydrogens is 426 g/mol. The lowest BCUT2D eigenvalue weighted by atomic mass is 10.2. The second-order valence-corrected chi connectivity index (χ2v) is 6.65. The molecule has 2 heterocycles. The van der Waals surface area contributed by atoms with E-state index in [0.29, 0.717) is 24.0 Å². The van der Waals surface area contributed by atoms with Crippen LogP contribution in [0.3, 0.4) is 0 Å². The van der Waals surface area contributed by atoms with Gasteiger partial charge in [0.2, 0.25) is 5.96 Å². The van der Waals surface area contributed by atoms with E-state index < -0.39 is 34.7 Å². The number of guanidine groups is 1. The van der Waals surface area contributed by atoms with Crippen LogP contribution in [0.25, 0.3) is 0 Å². The first-order chi connectivity index (χ1) is 13.7. The molecule has 0 aromatic heterocycles. The predicted molar refractivity (Wildman–Crippen MR) is 103 cm³/mol. The molecule has 2 amide bonds. The molecule has 14 nitrogen and oxygen atoms in total. The Morgan fingerprint density at radius 2 is 1.90 bits per heavy atom. The molecule has 1 atom stereocenters. The standard InChI is InChI=1S/C15H23N5O8S.H2O/c1-3-26-14(21)17-12-10-11(19-8-6-5-7-9-19)16-13(18-15(22)27-4-2)20(12)28-29(23,24)25;/h5-6,10,12H,3-4,7-9H2,1-2H3,(H,17,21)(H,16,18,22)(H,23,24,25);1H2. The third kappa shape index (κ3) is 7.51. The highest BCUT2D eigenvalue weighted by Crippen LogP contribution is 2.20. The van der Waals surface area contributed by atoms with Crippen LogP contribution in [0.4, 0.5) is 9.59 Å². The summed E-state index contributed by atoms with van der Waals surface area (Å²) in [5.74, 6) is -0.0898. The fraction of sp³-hybridized carbons (Fsp3) is 0.533. The summed E-state index contributed by atoms with van der Waals surface area (Å²) in [5, 5.41) is 5.11. The summed E-state index contributed by atoms with van der Waals surface area (Å²) in [7, 11) is -5.02. The van der Waals surface area contributed by atoms with E-state index in [1.165, 1.54) is 6.08 Å². The molecule has 170 valence electrons. The maximum atomic E-state index is 11.9. The smallest absolute Gasteiger partial charge is 0.418 e. The van der Waals surface area contributed by atoms with Crippen molar-refractivity contribution in [2.75, 3.05) is 26.3 Å². The lowest BCUT2D eigenvalue weighted by Gasteiger charge is -2.35. The molecular formula is C15H25N5O9S. The van der Waals surface area contributed by atoms with Crippen molar-refractivity contribution in [2.24, 2.45) is 4.99 Å². The molecule has 0 aromatic carbocycles. The third-order valence-corrected chi connectivity index (χ3v) is 3.92. The van der Waals surface area contributed by atoms with Crippen LogP contribution in [0.2, 0.25) is 0 Å². The first-order valence-electron chi connectivity index (χ1n) is 8.77. The van der Waals surface area contributed by atoms with Crippen molar-refractivity contribution in [1.29, 1.82) is 0 Å². The molecule has 0 bridgehead atoms. The summed E-state index contributed by atoms with van der Waals surface area (Å²) in [6.07, 6.45) is 2.92. The number of amides is 2. The Morgan fingerprint density at radius 1 is 1.23 bits per heavy atom. The summed E-state index contributed by atoms with van der Waals surface area (Å²) in [6.45, 7) is 4.38. The van der Waals surface area contributed by atoms with E-state index in [-0.39, 0.29) is 18.7 Å². The number of rotatable bonds is 6. The second-order valence-electron chi connectivity index (χ2n) is 5.65. The summed E-state index contributed by atoms with van der Waals surface area (Å²) in [6, 6.07) is 0. The molecule has 15 heteroatoms. The number of hydrogen-bond donors (Lipinski definition) is 3. The van der Waals surface area contributed by atoms with Gasteiger partial charge in [0, 0.05) is 19.2 Å². The lowest BCUT2D eigenvalue weighted by molar-refractivity contribution is -0.0273. The van der Waals surface area contributed by atoms with E-state index in [4.69, 9.17) is 14.0 Å². The lowest BCUT2D eigenvalue weighted by Crippen LogP contribution is -2.57. The topological polar surface area (TPSA) is 191 Å². The van der Waals surface area contributed by atoms with Gasteiger partial charge in [-0.1, -0.05) is 12.2 Å². The number of carbonyl (C=O) groups excluding carboxylic acids is 2. The summed E-state index contributed by atoms with van der Waals surface area (Å²) in [5.41, 5.74) is 0. The van der Waals surface area contributed by atoms with Gasteiger partial charge in [0.15, 0.2) is 6.17 Å². The first-order valence-corrected chi connectivity index (χ1v) is 10.1. The number of nitrogens with one attached hydrogen (secondary N) is 2. The van der Waals surface area contributed by atoms with Gasteiger partial charge >= 0.3 is 22.6 Å². The van der Waals surface area contributed by atoms with Crippen molar-refractivity contribution >= 4 is 28.5 Å². The SMILES string of the molecule is CCOC(=O)NC1=NC(N2CC=CCC2)=CC(NC(=O)OCC)N1OS(=O)(=O)O.O. The molecule has 0 radical (unpaired) electrons. The van der Waals surface area contributed by atoms with Gasteiger partial charge in [0.25, 0.3) is 0 Å². The number of hydrogen-bond acceptors (Lipinski definition) is 10. The molecule has 0 fully saturated rings. The quantitative estimate of drug-likeness (QED) is 0.350. The molecule has 2 aliphatic heterocycles. The maximum absolute atomic E-state index is 11.9. The highest BCUT2D eigenvalue weighted by molar-refractivity contribution is 7.80. The normalized spacial score (nSPS) is 18.6. The minimum atomic E-state index is -5.02. The van der Waals surface area contributed by atoms with Crippen molar-refractivity contribution in [2.45, 2.75) is 26.4 Å². The molecule has 2 rings (SSSR count). The fourth-order valence-corrected chi connectivity index (χ4v) is 2.85. The zero-order valence-electron chi connectivity index (χ0n) is 16.4. The Hall–Kier alpha value is -2.88. The van der Waals surface area contributed by atoms with Crippen LogP contribution in [0.1, 0.15) is 20.3 Å². The van der Waals surface area contributed by atoms with Gasteiger partial charge in [-0.2, -0.15) is 18.5 Å². The Balaban J connectivity index is 0.00000450. The number of ether oxygens (including phenoxy) is 2. The Kier molecular flexibility index (Phi) is 9.51. The number of carbonyl (C=O) groups is 2. The third-order valence-electron chi connectivity index (χ3n) is 3.58.